The average Bonchev–Trinajstić information content (AvgIpc) is 3.43. The van der Waals surface area contributed by atoms with Crippen LogP contribution in [0.25, 0.3) is 50.5 Å². The number of H-pyrrole nitrogens is 1. The molecule has 0 aliphatic carbocycles. The van der Waals surface area contributed by atoms with E-state index in [4.69, 9.17) is 15.7 Å². The van der Waals surface area contributed by atoms with Gasteiger partial charge < -0.3 is 15.8 Å². The van der Waals surface area contributed by atoms with Gasteiger partial charge in [-0.1, -0.05) is 48.5 Å². The van der Waals surface area contributed by atoms with Crippen molar-refractivity contribution in [2.75, 3.05) is 5.73 Å². The van der Waals surface area contributed by atoms with Gasteiger partial charge in [-0.15, -0.1) is 0 Å². The van der Waals surface area contributed by atoms with E-state index in [1.165, 1.54) is 6.20 Å². The lowest BCUT2D eigenvalue weighted by Crippen LogP contribution is -1.96. The molecule has 6 aromatic rings. The lowest BCUT2D eigenvalue weighted by Gasteiger charge is -2.06. The lowest BCUT2D eigenvalue weighted by molar-refractivity contribution is 0.476. The highest BCUT2D eigenvalue weighted by molar-refractivity contribution is 5.92. The summed E-state index contributed by atoms with van der Waals surface area (Å²) >= 11 is 0. The van der Waals surface area contributed by atoms with Crippen LogP contribution in [0.1, 0.15) is 0 Å². The molecule has 0 saturated heterocycles. The van der Waals surface area contributed by atoms with Gasteiger partial charge in [0.25, 0.3) is 0 Å². The normalized spacial score (nSPS) is 11.4. The van der Waals surface area contributed by atoms with E-state index in [0.29, 0.717) is 28.5 Å². The predicted molar refractivity (Wildman–Crippen MR) is 125 cm³/mol. The number of rotatable bonds is 3. The molecule has 0 amide bonds. The first-order valence-corrected chi connectivity index (χ1v) is 10.1. The summed E-state index contributed by atoms with van der Waals surface area (Å²) in [5.74, 6) is 1.15. The number of nitrogen functional groups attached to an aromatic ring is 1. The van der Waals surface area contributed by atoms with Crippen LogP contribution >= 0.6 is 0 Å². The number of benzene rings is 2. The monoisotopic (exact) mass is 418 g/mol. The van der Waals surface area contributed by atoms with Gasteiger partial charge in [0.05, 0.1) is 16.9 Å². The second-order valence-electron chi connectivity index (χ2n) is 7.56. The Morgan fingerprint density at radius 1 is 0.906 bits per heavy atom. The smallest absolute Gasteiger partial charge is 0.162 e. The van der Waals surface area contributed by atoms with Crippen LogP contribution in [0.2, 0.25) is 0 Å². The van der Waals surface area contributed by atoms with Gasteiger partial charge >= 0.3 is 0 Å². The molecule has 7 heteroatoms. The third kappa shape index (κ3) is 2.87. The second-order valence-corrected chi connectivity index (χ2v) is 7.56. The molecular formula is C25H18N6O. The van der Waals surface area contributed by atoms with Crippen molar-refractivity contribution in [3.8, 4) is 39.8 Å². The molecule has 7 nitrogen and oxygen atoms in total. The molecule has 0 radical (unpaired) electrons. The Bertz CT molecular complexity index is 1600. The van der Waals surface area contributed by atoms with E-state index in [9.17, 15) is 5.11 Å². The highest BCUT2D eigenvalue weighted by Crippen LogP contribution is 2.34. The number of hydrogen-bond acceptors (Lipinski definition) is 5. The number of pyridine rings is 1. The Labute approximate surface area is 182 Å². The van der Waals surface area contributed by atoms with Crippen molar-refractivity contribution in [3.63, 3.8) is 0 Å². The minimum absolute atomic E-state index is 0.142. The topological polar surface area (TPSA) is 105 Å². The molecule has 0 atom stereocenters. The van der Waals surface area contributed by atoms with E-state index < -0.39 is 0 Å². The molecule has 0 fully saturated rings. The highest BCUT2D eigenvalue weighted by atomic mass is 16.3. The molecule has 0 bridgehead atoms. The number of fused-ring (bicyclic) bond motifs is 2. The van der Waals surface area contributed by atoms with E-state index in [1.807, 2.05) is 65.2 Å². The van der Waals surface area contributed by atoms with Crippen LogP contribution in [0.3, 0.4) is 0 Å². The predicted octanol–water partition coefficient (Wildman–Crippen LogP) is 4.89. The summed E-state index contributed by atoms with van der Waals surface area (Å²) in [4.78, 5) is 17.1. The highest BCUT2D eigenvalue weighted by Gasteiger charge is 2.18. The number of hydrogen-bond donors (Lipinski definition) is 3. The summed E-state index contributed by atoms with van der Waals surface area (Å²) in [6, 6.07) is 21.9. The molecule has 0 spiro atoms. The van der Waals surface area contributed by atoms with E-state index in [0.717, 1.165) is 27.7 Å². The maximum Gasteiger partial charge on any atom is 0.162 e. The average molecular weight is 418 g/mol. The molecule has 0 aliphatic heterocycles. The summed E-state index contributed by atoms with van der Waals surface area (Å²) in [6.45, 7) is 0. The summed E-state index contributed by atoms with van der Waals surface area (Å²) in [5, 5.41) is 10.8. The fourth-order valence-corrected chi connectivity index (χ4v) is 4.00. The standard InChI is InChI=1S/C25H18N6O/c26-24-23-22(30-25(31(23)11-10-27-24)21-13-18(32)14-28-21)17-7-6-16-8-9-19(29-20(16)12-17)15-4-2-1-3-5-15/h1-14,28,32H,(H2,26,27). The van der Waals surface area contributed by atoms with Crippen LogP contribution in [0.15, 0.2) is 85.3 Å². The summed E-state index contributed by atoms with van der Waals surface area (Å²) in [6.07, 6.45) is 4.96. The van der Waals surface area contributed by atoms with Gasteiger partial charge in [-0.3, -0.25) is 4.40 Å². The van der Waals surface area contributed by atoms with E-state index >= 15 is 0 Å². The molecular weight excluding hydrogens is 400 g/mol. The Balaban J connectivity index is 1.56. The van der Waals surface area contributed by atoms with Crippen molar-refractivity contribution in [2.45, 2.75) is 0 Å². The van der Waals surface area contributed by atoms with E-state index in [2.05, 4.69) is 16.0 Å². The zero-order valence-electron chi connectivity index (χ0n) is 16.9. The van der Waals surface area contributed by atoms with Gasteiger partial charge in [-0.05, 0) is 12.1 Å². The first-order chi connectivity index (χ1) is 15.7. The fourth-order valence-electron chi connectivity index (χ4n) is 4.00. The quantitative estimate of drug-likeness (QED) is 0.379. The van der Waals surface area contributed by atoms with Crippen molar-refractivity contribution < 1.29 is 5.11 Å². The Hall–Kier alpha value is -4.65. The second kappa shape index (κ2) is 6.95. The number of imidazole rings is 1. The van der Waals surface area contributed by atoms with Gasteiger partial charge in [0.2, 0.25) is 0 Å². The van der Waals surface area contributed by atoms with Crippen molar-refractivity contribution >= 4 is 22.2 Å². The van der Waals surface area contributed by atoms with Gasteiger partial charge in [-0.2, -0.15) is 0 Å². The number of aromatic hydroxyl groups is 1. The van der Waals surface area contributed by atoms with Gasteiger partial charge in [-0.25, -0.2) is 15.0 Å². The first kappa shape index (κ1) is 18.1. The summed E-state index contributed by atoms with van der Waals surface area (Å²) in [7, 11) is 0. The number of nitrogens with two attached hydrogens (primary N) is 1. The van der Waals surface area contributed by atoms with Crippen molar-refractivity contribution in [3.05, 3.63) is 85.3 Å². The van der Waals surface area contributed by atoms with Crippen LogP contribution < -0.4 is 5.73 Å². The van der Waals surface area contributed by atoms with Crippen LogP contribution in [0, 0.1) is 0 Å². The molecule has 6 rings (SSSR count). The number of aromatic amines is 1. The molecule has 154 valence electrons. The van der Waals surface area contributed by atoms with Gasteiger partial charge in [0.15, 0.2) is 5.82 Å². The minimum Gasteiger partial charge on any atom is -0.506 e. The van der Waals surface area contributed by atoms with Crippen molar-refractivity contribution in [2.24, 2.45) is 0 Å². The number of nitrogens with one attached hydrogen (secondary N) is 1. The number of nitrogens with zero attached hydrogens (tertiary/aromatic N) is 4. The molecule has 0 unspecified atom stereocenters. The third-order valence-corrected chi connectivity index (χ3v) is 5.53. The van der Waals surface area contributed by atoms with Gasteiger partial charge in [0, 0.05) is 41.2 Å². The zero-order valence-corrected chi connectivity index (χ0v) is 16.9. The largest absolute Gasteiger partial charge is 0.506 e. The van der Waals surface area contributed by atoms with E-state index in [1.54, 1.807) is 12.3 Å². The van der Waals surface area contributed by atoms with Gasteiger partial charge in [0.1, 0.15) is 22.8 Å². The van der Waals surface area contributed by atoms with Crippen LogP contribution in [-0.2, 0) is 0 Å². The molecule has 0 saturated carbocycles. The summed E-state index contributed by atoms with van der Waals surface area (Å²) < 4.78 is 1.88. The van der Waals surface area contributed by atoms with E-state index in [-0.39, 0.29) is 5.75 Å². The maximum absolute atomic E-state index is 9.79. The Kier molecular flexibility index (Phi) is 3.94. The number of anilines is 1. The number of aromatic nitrogens is 5. The molecule has 4 heterocycles. The third-order valence-electron chi connectivity index (χ3n) is 5.53. The van der Waals surface area contributed by atoms with Crippen LogP contribution in [-0.4, -0.2) is 29.4 Å². The van der Waals surface area contributed by atoms with Crippen LogP contribution in [0.4, 0.5) is 5.82 Å². The minimum atomic E-state index is 0.142. The van der Waals surface area contributed by atoms with Crippen molar-refractivity contribution in [1.29, 1.82) is 0 Å². The lowest BCUT2D eigenvalue weighted by atomic mass is 10.1. The SMILES string of the molecule is Nc1nccn2c(-c3cc(O)c[nH]3)nc(-c3ccc4ccc(-c5ccccc5)nc4c3)c12. The molecule has 0 aliphatic rings. The first-order valence-electron chi connectivity index (χ1n) is 10.1. The molecule has 32 heavy (non-hydrogen) atoms. The van der Waals surface area contributed by atoms with Crippen molar-refractivity contribution in [1.82, 2.24) is 24.3 Å². The Morgan fingerprint density at radius 2 is 1.75 bits per heavy atom. The Morgan fingerprint density at radius 3 is 2.56 bits per heavy atom. The summed E-state index contributed by atoms with van der Waals surface area (Å²) in [5.41, 5.74) is 12.1. The maximum atomic E-state index is 9.79. The van der Waals surface area contributed by atoms with Crippen LogP contribution in [0.5, 0.6) is 5.75 Å². The molecule has 4 N–H and O–H groups in total. The zero-order chi connectivity index (χ0) is 21.7. The molecule has 4 aromatic heterocycles. The fraction of sp³-hybridized carbons (Fsp3) is 0. The molecule has 2 aromatic carbocycles.